The highest BCUT2D eigenvalue weighted by molar-refractivity contribution is 6.32. The molecule has 0 unspecified atom stereocenters. The fraction of sp³-hybridized carbons (Fsp3) is 0.214. The van der Waals surface area contributed by atoms with Gasteiger partial charge >= 0.3 is 5.97 Å². The number of rotatable bonds is 4. The van der Waals surface area contributed by atoms with E-state index >= 15 is 0 Å². The highest BCUT2D eigenvalue weighted by Crippen LogP contribution is 2.19. The number of ether oxygens (including phenoxy) is 1. The lowest BCUT2D eigenvalue weighted by Crippen LogP contribution is -2.05. The molecule has 0 spiro atoms. The Balaban J connectivity index is 2.23. The molecule has 0 radical (unpaired) electrons. The minimum Gasteiger partial charge on any atom is -0.462 e. The van der Waals surface area contributed by atoms with Gasteiger partial charge in [-0.3, -0.25) is 0 Å². The fourth-order valence-corrected chi connectivity index (χ4v) is 2.03. The van der Waals surface area contributed by atoms with Gasteiger partial charge in [0, 0.05) is 6.42 Å². The number of benzene rings is 1. The molecule has 0 atom stereocenters. The third kappa shape index (κ3) is 3.68. The summed E-state index contributed by atoms with van der Waals surface area (Å²) in [5.41, 5.74) is 2.01. The molecule has 20 heavy (non-hydrogen) atoms. The summed E-state index contributed by atoms with van der Waals surface area (Å²) < 4.78 is 4.96. The lowest BCUT2D eigenvalue weighted by Gasteiger charge is -2.06. The zero-order valence-corrected chi connectivity index (χ0v) is 12.3. The van der Waals surface area contributed by atoms with Crippen molar-refractivity contribution in [2.45, 2.75) is 13.3 Å². The normalized spacial score (nSPS) is 10.3. The Morgan fingerprint density at radius 1 is 1.35 bits per heavy atom. The van der Waals surface area contributed by atoms with Crippen molar-refractivity contribution in [3.8, 4) is 0 Å². The largest absolute Gasteiger partial charge is 0.462 e. The van der Waals surface area contributed by atoms with Gasteiger partial charge in [0.25, 0.3) is 0 Å². The lowest BCUT2D eigenvalue weighted by atomic mass is 10.1. The van der Waals surface area contributed by atoms with Gasteiger partial charge in [-0.1, -0.05) is 23.7 Å². The van der Waals surface area contributed by atoms with E-state index in [4.69, 9.17) is 27.9 Å². The predicted molar refractivity (Wildman–Crippen MR) is 77.3 cm³/mol. The molecular weight excluding hydrogens is 299 g/mol. The van der Waals surface area contributed by atoms with Crippen LogP contribution in [0.2, 0.25) is 10.3 Å². The molecule has 2 aromatic rings. The van der Waals surface area contributed by atoms with Crippen molar-refractivity contribution in [1.82, 2.24) is 9.97 Å². The van der Waals surface area contributed by atoms with Crippen LogP contribution in [0.15, 0.2) is 30.5 Å². The minimum atomic E-state index is -0.346. The molecule has 0 aliphatic carbocycles. The summed E-state index contributed by atoms with van der Waals surface area (Å²) in [6.07, 6.45) is 1.93. The summed E-state index contributed by atoms with van der Waals surface area (Å²) in [5, 5.41) is 0.585. The molecule has 0 bridgehead atoms. The smallest absolute Gasteiger partial charge is 0.338 e. The third-order valence-corrected chi connectivity index (χ3v) is 3.09. The first kappa shape index (κ1) is 14.8. The van der Waals surface area contributed by atoms with Crippen LogP contribution in [0, 0.1) is 0 Å². The molecule has 0 aliphatic heterocycles. The quantitative estimate of drug-likeness (QED) is 0.640. The molecule has 0 N–H and O–H groups in total. The minimum absolute atomic E-state index is 0.144. The Kier molecular flexibility index (Phi) is 4.93. The molecular formula is C14H12Cl2N2O2. The Morgan fingerprint density at radius 3 is 2.90 bits per heavy atom. The average molecular weight is 311 g/mol. The predicted octanol–water partition coefficient (Wildman–Crippen LogP) is 3.55. The van der Waals surface area contributed by atoms with Crippen molar-refractivity contribution >= 4 is 29.2 Å². The summed E-state index contributed by atoms with van der Waals surface area (Å²) >= 11 is 11.8. The first-order valence-corrected chi connectivity index (χ1v) is 6.78. The SMILES string of the molecule is CCOC(=O)c1cccc(Cc2nc(Cl)ncc2Cl)c1. The summed E-state index contributed by atoms with van der Waals surface area (Å²) in [6.45, 7) is 2.11. The molecule has 0 saturated carbocycles. The first-order chi connectivity index (χ1) is 9.60. The number of hydrogen-bond acceptors (Lipinski definition) is 4. The monoisotopic (exact) mass is 310 g/mol. The Morgan fingerprint density at radius 2 is 2.15 bits per heavy atom. The van der Waals surface area contributed by atoms with E-state index in [1.54, 1.807) is 25.1 Å². The number of hydrogen-bond donors (Lipinski definition) is 0. The van der Waals surface area contributed by atoms with Crippen LogP contribution in [0.3, 0.4) is 0 Å². The first-order valence-electron chi connectivity index (χ1n) is 6.03. The van der Waals surface area contributed by atoms with Gasteiger partial charge < -0.3 is 4.74 Å². The van der Waals surface area contributed by atoms with Gasteiger partial charge in [-0.2, -0.15) is 0 Å². The molecule has 2 rings (SSSR count). The van der Waals surface area contributed by atoms with Crippen molar-refractivity contribution in [3.05, 3.63) is 57.6 Å². The van der Waals surface area contributed by atoms with E-state index in [0.29, 0.717) is 29.3 Å². The Bertz CT molecular complexity index is 632. The number of halogens is 2. The van der Waals surface area contributed by atoms with Crippen LogP contribution in [0.25, 0.3) is 0 Å². The van der Waals surface area contributed by atoms with Crippen LogP contribution in [-0.2, 0) is 11.2 Å². The molecule has 0 fully saturated rings. The second-order valence-corrected chi connectivity index (χ2v) is 4.78. The van der Waals surface area contributed by atoms with Gasteiger partial charge in [0.15, 0.2) is 0 Å². The van der Waals surface area contributed by atoms with E-state index in [1.807, 2.05) is 6.07 Å². The summed E-state index contributed by atoms with van der Waals surface area (Å²) in [5.74, 6) is -0.346. The van der Waals surface area contributed by atoms with Gasteiger partial charge in [0.05, 0.1) is 29.1 Å². The molecule has 1 aromatic heterocycles. The molecule has 1 heterocycles. The average Bonchev–Trinajstić information content (AvgIpc) is 2.43. The molecule has 4 nitrogen and oxygen atoms in total. The number of nitrogens with zero attached hydrogens (tertiary/aromatic N) is 2. The van der Waals surface area contributed by atoms with Gasteiger partial charge in [0.1, 0.15) is 0 Å². The number of aromatic nitrogens is 2. The van der Waals surface area contributed by atoms with Crippen LogP contribution >= 0.6 is 23.2 Å². The molecule has 0 amide bonds. The standard InChI is InChI=1S/C14H12Cl2N2O2/c1-2-20-13(19)10-5-3-4-9(6-10)7-12-11(15)8-17-14(16)18-12/h3-6,8H,2,7H2,1H3. The Labute approximate surface area is 126 Å². The summed E-state index contributed by atoms with van der Waals surface area (Å²) in [7, 11) is 0. The summed E-state index contributed by atoms with van der Waals surface area (Å²) in [6, 6.07) is 7.13. The van der Waals surface area contributed by atoms with Crippen molar-refractivity contribution in [1.29, 1.82) is 0 Å². The maximum Gasteiger partial charge on any atom is 0.338 e. The molecule has 104 valence electrons. The lowest BCUT2D eigenvalue weighted by molar-refractivity contribution is 0.0526. The Hall–Kier alpha value is -1.65. The number of carbonyl (C=O) groups excluding carboxylic acids is 1. The van der Waals surface area contributed by atoms with Gasteiger partial charge in [-0.25, -0.2) is 14.8 Å². The van der Waals surface area contributed by atoms with Crippen LogP contribution in [0.4, 0.5) is 0 Å². The zero-order chi connectivity index (χ0) is 14.5. The number of carbonyl (C=O) groups is 1. The van der Waals surface area contributed by atoms with Crippen LogP contribution in [0.1, 0.15) is 28.5 Å². The second-order valence-electron chi connectivity index (χ2n) is 4.03. The van der Waals surface area contributed by atoms with Crippen LogP contribution in [0.5, 0.6) is 0 Å². The van der Waals surface area contributed by atoms with Gasteiger partial charge in [-0.05, 0) is 36.2 Å². The molecule has 0 saturated heterocycles. The van der Waals surface area contributed by atoms with Crippen LogP contribution < -0.4 is 0 Å². The highest BCUT2D eigenvalue weighted by Gasteiger charge is 2.09. The topological polar surface area (TPSA) is 52.1 Å². The summed E-state index contributed by atoms with van der Waals surface area (Å²) in [4.78, 5) is 19.6. The fourth-order valence-electron chi connectivity index (χ4n) is 1.72. The van der Waals surface area contributed by atoms with Crippen molar-refractivity contribution in [2.75, 3.05) is 6.61 Å². The van der Waals surface area contributed by atoms with Crippen molar-refractivity contribution in [2.24, 2.45) is 0 Å². The van der Waals surface area contributed by atoms with Crippen molar-refractivity contribution in [3.63, 3.8) is 0 Å². The maximum atomic E-state index is 11.7. The van der Waals surface area contributed by atoms with E-state index in [1.165, 1.54) is 6.20 Å². The second kappa shape index (κ2) is 6.68. The molecule has 0 aliphatic rings. The molecule has 6 heteroatoms. The zero-order valence-electron chi connectivity index (χ0n) is 10.8. The van der Waals surface area contributed by atoms with E-state index in [2.05, 4.69) is 9.97 Å². The van der Waals surface area contributed by atoms with E-state index in [9.17, 15) is 4.79 Å². The van der Waals surface area contributed by atoms with E-state index in [0.717, 1.165) is 5.56 Å². The highest BCUT2D eigenvalue weighted by atomic mass is 35.5. The molecule has 1 aromatic carbocycles. The van der Waals surface area contributed by atoms with Gasteiger partial charge in [0.2, 0.25) is 5.28 Å². The third-order valence-electron chi connectivity index (χ3n) is 2.60. The number of esters is 1. The van der Waals surface area contributed by atoms with Crippen LogP contribution in [-0.4, -0.2) is 22.5 Å². The van der Waals surface area contributed by atoms with E-state index in [-0.39, 0.29) is 11.3 Å². The maximum absolute atomic E-state index is 11.7. The van der Waals surface area contributed by atoms with Crippen molar-refractivity contribution < 1.29 is 9.53 Å². The van der Waals surface area contributed by atoms with Gasteiger partial charge in [-0.15, -0.1) is 0 Å². The van der Waals surface area contributed by atoms with E-state index < -0.39 is 0 Å².